The van der Waals surface area contributed by atoms with Gasteiger partial charge in [-0.05, 0) is 105 Å². The van der Waals surface area contributed by atoms with E-state index in [4.69, 9.17) is 14.2 Å². The van der Waals surface area contributed by atoms with Crippen molar-refractivity contribution >= 4 is 63.3 Å². The maximum atomic E-state index is 7.15. The summed E-state index contributed by atoms with van der Waals surface area (Å²) in [5, 5.41) is 0. The summed E-state index contributed by atoms with van der Waals surface area (Å²) in [5.41, 5.74) is 14.4. The van der Waals surface area contributed by atoms with Crippen LogP contribution in [0.4, 0.5) is 17.1 Å². The van der Waals surface area contributed by atoms with Crippen LogP contribution in [0.3, 0.4) is 0 Å². The average Bonchev–Trinajstić information content (AvgIpc) is 3.22. The van der Waals surface area contributed by atoms with Gasteiger partial charge in [0, 0.05) is 34.7 Å². The monoisotopic (exact) mass is 741 g/mol. The highest BCUT2D eigenvalue weighted by Crippen LogP contribution is 2.40. The van der Waals surface area contributed by atoms with E-state index in [-0.39, 0.29) is 13.4 Å². The molecule has 6 heteroatoms. The van der Waals surface area contributed by atoms with Crippen LogP contribution in [0.1, 0.15) is 76.0 Å². The Labute approximate surface area is 337 Å². The van der Waals surface area contributed by atoms with Gasteiger partial charge >= 0.3 is 0 Å². The highest BCUT2D eigenvalue weighted by Gasteiger charge is 2.43. The minimum Gasteiger partial charge on any atom is -0.458 e. The molecular weight excluding hydrogens is 696 g/mol. The van der Waals surface area contributed by atoms with Crippen LogP contribution in [-0.2, 0) is 0 Å². The van der Waals surface area contributed by atoms with Crippen molar-refractivity contribution in [3.8, 4) is 34.5 Å². The molecule has 3 aliphatic heterocycles. The van der Waals surface area contributed by atoms with Gasteiger partial charge in [-0.25, -0.2) is 0 Å². The maximum absolute atomic E-state index is 7.15. The molecule has 0 radical (unpaired) electrons. The van der Waals surface area contributed by atoms with E-state index in [1.807, 2.05) is 12.1 Å². The molecule has 278 valence electrons. The molecule has 0 aliphatic carbocycles. The van der Waals surface area contributed by atoms with Crippen molar-refractivity contribution in [3.05, 3.63) is 162 Å². The van der Waals surface area contributed by atoms with Gasteiger partial charge in [-0.15, -0.1) is 0 Å². The van der Waals surface area contributed by atoms with Crippen molar-refractivity contribution in [2.45, 2.75) is 59.3 Å². The normalized spacial score (nSPS) is 13.2. The van der Waals surface area contributed by atoms with Crippen LogP contribution < -0.4 is 51.9 Å². The van der Waals surface area contributed by atoms with E-state index >= 15 is 0 Å². The topological polar surface area (TPSA) is 30.9 Å². The van der Waals surface area contributed by atoms with E-state index in [1.54, 1.807) is 0 Å². The van der Waals surface area contributed by atoms with Gasteiger partial charge < -0.3 is 19.1 Å². The molecule has 0 unspecified atom stereocenters. The Morgan fingerprint density at radius 2 is 0.860 bits per heavy atom. The Morgan fingerprint density at radius 3 is 1.46 bits per heavy atom. The van der Waals surface area contributed by atoms with Gasteiger partial charge in [-0.3, -0.25) is 0 Å². The van der Waals surface area contributed by atoms with Gasteiger partial charge in [0.2, 0.25) is 0 Å². The van der Waals surface area contributed by atoms with Crippen molar-refractivity contribution in [1.82, 2.24) is 0 Å². The van der Waals surface area contributed by atoms with Crippen LogP contribution >= 0.6 is 0 Å². The predicted molar refractivity (Wildman–Crippen MR) is 239 cm³/mol. The Bertz CT molecular complexity index is 2600. The fraction of sp³-hybridized carbons (Fsp3) is 0.176. The lowest BCUT2D eigenvalue weighted by Gasteiger charge is -2.36. The zero-order valence-corrected chi connectivity index (χ0v) is 33.4. The first-order chi connectivity index (χ1) is 27.7. The molecular formula is C51H45B2NO3. The smallest absolute Gasteiger partial charge is 0.260 e. The molecule has 0 atom stereocenters. The second-order valence-electron chi connectivity index (χ2n) is 16.6. The lowest BCUT2D eigenvalue weighted by Crippen LogP contribution is -2.61. The first-order valence-electron chi connectivity index (χ1n) is 20.4. The molecule has 0 saturated heterocycles. The van der Waals surface area contributed by atoms with E-state index in [0.717, 1.165) is 73.4 Å². The summed E-state index contributed by atoms with van der Waals surface area (Å²) >= 11 is 0. The molecule has 7 aromatic carbocycles. The van der Waals surface area contributed by atoms with Gasteiger partial charge in [0.1, 0.15) is 34.5 Å². The highest BCUT2D eigenvalue weighted by molar-refractivity contribution is 7.00. The molecule has 3 heterocycles. The number of para-hydroxylation sites is 3. The van der Waals surface area contributed by atoms with E-state index < -0.39 is 0 Å². The first-order valence-corrected chi connectivity index (χ1v) is 20.4. The lowest BCUT2D eigenvalue weighted by molar-refractivity contribution is 0.456. The third-order valence-corrected chi connectivity index (χ3v) is 12.0. The van der Waals surface area contributed by atoms with Crippen molar-refractivity contribution in [3.63, 3.8) is 0 Å². The molecule has 57 heavy (non-hydrogen) atoms. The van der Waals surface area contributed by atoms with E-state index in [1.165, 1.54) is 27.6 Å². The number of fused-ring (bicyclic) bond motifs is 6. The third kappa shape index (κ3) is 5.84. The van der Waals surface area contributed by atoms with Gasteiger partial charge in [0.15, 0.2) is 0 Å². The van der Waals surface area contributed by atoms with Gasteiger partial charge in [0.25, 0.3) is 13.4 Å². The molecule has 10 rings (SSSR count). The van der Waals surface area contributed by atoms with Gasteiger partial charge in [0.05, 0.1) is 0 Å². The summed E-state index contributed by atoms with van der Waals surface area (Å²) in [6, 6.07) is 52.0. The van der Waals surface area contributed by atoms with Crippen molar-refractivity contribution < 1.29 is 14.2 Å². The number of benzene rings is 7. The maximum Gasteiger partial charge on any atom is 0.260 e. The molecule has 0 N–H and O–H groups in total. The van der Waals surface area contributed by atoms with Crippen molar-refractivity contribution in [2.24, 2.45) is 0 Å². The average molecular weight is 742 g/mol. The molecule has 0 fully saturated rings. The van der Waals surface area contributed by atoms with Crippen molar-refractivity contribution in [1.29, 1.82) is 0 Å². The summed E-state index contributed by atoms with van der Waals surface area (Å²) in [5.74, 6) is 6.10. The lowest BCUT2D eigenvalue weighted by atomic mass is 9.31. The number of hydrogen-bond donors (Lipinski definition) is 0. The minimum absolute atomic E-state index is 0.0395. The first kappa shape index (κ1) is 35.3. The highest BCUT2D eigenvalue weighted by atomic mass is 16.5. The second kappa shape index (κ2) is 13.8. The Balaban J connectivity index is 1.23. The number of ether oxygens (including phenoxy) is 3. The summed E-state index contributed by atoms with van der Waals surface area (Å²) in [6.07, 6.45) is 0. The van der Waals surface area contributed by atoms with Crippen LogP contribution in [0.5, 0.6) is 34.5 Å². The Kier molecular flexibility index (Phi) is 8.55. The molecule has 7 aromatic rings. The van der Waals surface area contributed by atoms with Crippen LogP contribution in [0, 0.1) is 0 Å². The fourth-order valence-corrected chi connectivity index (χ4v) is 9.27. The molecule has 0 amide bonds. The number of hydrogen-bond acceptors (Lipinski definition) is 4. The van der Waals surface area contributed by atoms with Crippen LogP contribution in [-0.4, -0.2) is 13.4 Å². The standard InChI is InChI=1S/C51H45B2NO3/c1-31(2)34-26-38(32(3)4)50(39(27-34)33(5)6)52-41-25-24-37(54(35-16-9-7-10-17-35)36-18-11-8-12-19-36)28-47(41)57-49-30-48-43(29-42(49)52)53-40-20-13-14-21-44(40)55-45-22-15-23-46(56-48)51(45)53/h7-33H,1-6H3. The molecule has 0 bridgehead atoms. The summed E-state index contributed by atoms with van der Waals surface area (Å²) < 4.78 is 20.5. The second-order valence-corrected chi connectivity index (χ2v) is 16.6. The number of anilines is 3. The predicted octanol–water partition coefficient (Wildman–Crippen LogP) is 9.88. The minimum atomic E-state index is -0.0762. The van der Waals surface area contributed by atoms with Crippen LogP contribution in [0.2, 0.25) is 0 Å². The quantitative estimate of drug-likeness (QED) is 0.152. The van der Waals surface area contributed by atoms with Crippen LogP contribution in [0.15, 0.2) is 146 Å². The number of rotatable bonds is 7. The zero-order chi connectivity index (χ0) is 38.9. The number of nitrogens with zero attached hydrogens (tertiary/aromatic N) is 1. The molecule has 4 nitrogen and oxygen atoms in total. The largest absolute Gasteiger partial charge is 0.458 e. The SMILES string of the molecule is CC(C)c1cc(C(C)C)c(B2c3ccc(N(c4ccccc4)c4ccccc4)cc3Oc3cc4c(cc32)B2c3ccccc3Oc3cccc(c32)O4)c(C(C)C)c1. The molecule has 3 aliphatic rings. The van der Waals surface area contributed by atoms with E-state index in [9.17, 15) is 0 Å². The summed E-state index contributed by atoms with van der Waals surface area (Å²) in [4.78, 5) is 2.30. The Hall–Kier alpha value is -6.13. The third-order valence-electron chi connectivity index (χ3n) is 12.0. The van der Waals surface area contributed by atoms with E-state index in [0.29, 0.717) is 17.8 Å². The molecule has 0 aromatic heterocycles. The Morgan fingerprint density at radius 1 is 0.368 bits per heavy atom. The molecule has 0 spiro atoms. The van der Waals surface area contributed by atoms with Crippen molar-refractivity contribution in [2.75, 3.05) is 4.90 Å². The molecule has 0 saturated carbocycles. The van der Waals surface area contributed by atoms with Gasteiger partial charge in [-0.1, -0.05) is 132 Å². The van der Waals surface area contributed by atoms with Gasteiger partial charge in [-0.2, -0.15) is 0 Å². The fourth-order valence-electron chi connectivity index (χ4n) is 9.27. The van der Waals surface area contributed by atoms with Crippen LogP contribution in [0.25, 0.3) is 0 Å². The summed E-state index contributed by atoms with van der Waals surface area (Å²) in [6.45, 7) is 13.9. The zero-order valence-electron chi connectivity index (χ0n) is 33.4. The summed E-state index contributed by atoms with van der Waals surface area (Å²) in [7, 11) is 0. The van der Waals surface area contributed by atoms with E-state index in [2.05, 4.69) is 180 Å².